The number of anilines is 1. The lowest BCUT2D eigenvalue weighted by atomic mass is 10.1. The Bertz CT molecular complexity index is 843. The van der Waals surface area contributed by atoms with Crippen molar-refractivity contribution in [1.82, 2.24) is 9.97 Å². The Hall–Kier alpha value is -2.31. The van der Waals surface area contributed by atoms with E-state index in [0.717, 1.165) is 5.56 Å². The first-order chi connectivity index (χ1) is 11.6. The molecular formula is C17H14ClF2N3O. The number of nitrogens with zero attached hydrogens (tertiary/aromatic N) is 2. The number of fused-ring (bicyclic) bond motifs is 1. The summed E-state index contributed by atoms with van der Waals surface area (Å²) in [6.07, 6.45) is -2.78. The van der Waals surface area contributed by atoms with Crippen LogP contribution in [0, 0.1) is 0 Å². The summed E-state index contributed by atoms with van der Waals surface area (Å²) in [4.78, 5) is 7.79. The highest BCUT2D eigenvalue weighted by atomic mass is 35.5. The highest BCUT2D eigenvalue weighted by Crippen LogP contribution is 2.27. The molecule has 3 aromatic rings. The third kappa shape index (κ3) is 3.44. The number of nitrogens with one attached hydrogen (secondary N) is 1. The number of hydrogen-bond acceptors (Lipinski definition) is 4. The van der Waals surface area contributed by atoms with Crippen molar-refractivity contribution in [1.29, 1.82) is 0 Å². The lowest BCUT2D eigenvalue weighted by molar-refractivity contribution is 0.141. The Labute approximate surface area is 142 Å². The summed E-state index contributed by atoms with van der Waals surface area (Å²) < 4.78 is 26.1. The number of benzene rings is 2. The fourth-order valence-electron chi connectivity index (χ4n) is 2.40. The molecule has 1 heterocycles. The van der Waals surface area contributed by atoms with Crippen LogP contribution >= 0.6 is 11.6 Å². The van der Waals surface area contributed by atoms with Crippen molar-refractivity contribution in [2.45, 2.75) is 12.5 Å². The molecule has 0 bridgehead atoms. The third-order valence-corrected chi connectivity index (χ3v) is 3.83. The monoisotopic (exact) mass is 349 g/mol. The van der Waals surface area contributed by atoms with E-state index >= 15 is 0 Å². The molecule has 7 heteroatoms. The van der Waals surface area contributed by atoms with E-state index in [1.807, 2.05) is 0 Å². The van der Waals surface area contributed by atoms with Gasteiger partial charge in [0.05, 0.1) is 18.2 Å². The van der Waals surface area contributed by atoms with E-state index in [9.17, 15) is 13.9 Å². The number of halogens is 3. The van der Waals surface area contributed by atoms with Gasteiger partial charge in [0.25, 0.3) is 6.43 Å². The van der Waals surface area contributed by atoms with Crippen molar-refractivity contribution in [3.8, 4) is 0 Å². The number of rotatable bonds is 5. The van der Waals surface area contributed by atoms with Crippen molar-refractivity contribution in [2.24, 2.45) is 0 Å². The second kappa shape index (κ2) is 7.07. The second-order valence-electron chi connectivity index (χ2n) is 5.18. The summed E-state index contributed by atoms with van der Waals surface area (Å²) in [5.41, 5.74) is 1.18. The molecule has 0 saturated carbocycles. The Morgan fingerprint density at radius 2 is 1.75 bits per heavy atom. The van der Waals surface area contributed by atoms with E-state index in [1.165, 1.54) is 0 Å². The molecule has 1 atom stereocenters. The Balaban J connectivity index is 2.02. The van der Waals surface area contributed by atoms with Crippen molar-refractivity contribution < 1.29 is 13.9 Å². The first-order valence-corrected chi connectivity index (χ1v) is 7.64. The van der Waals surface area contributed by atoms with Crippen LogP contribution in [0.5, 0.6) is 0 Å². The number of hydrogen-bond donors (Lipinski definition) is 2. The summed E-state index contributed by atoms with van der Waals surface area (Å²) in [5.74, 6) is -0.297. The van der Waals surface area contributed by atoms with Crippen LogP contribution < -0.4 is 5.32 Å². The van der Waals surface area contributed by atoms with E-state index < -0.39 is 18.3 Å². The fourth-order valence-corrected chi connectivity index (χ4v) is 2.52. The number of aliphatic hydroxyl groups excluding tert-OH is 1. The lowest BCUT2D eigenvalue weighted by Gasteiger charge is -2.19. The smallest absolute Gasteiger partial charge is 0.297 e. The highest BCUT2D eigenvalue weighted by Gasteiger charge is 2.18. The molecule has 0 aliphatic carbocycles. The van der Waals surface area contributed by atoms with Gasteiger partial charge in [-0.25, -0.2) is 18.7 Å². The molecule has 1 aromatic heterocycles. The van der Waals surface area contributed by atoms with Gasteiger partial charge in [0.1, 0.15) is 5.82 Å². The molecule has 124 valence electrons. The van der Waals surface area contributed by atoms with Gasteiger partial charge in [0.2, 0.25) is 0 Å². The van der Waals surface area contributed by atoms with Crippen molar-refractivity contribution >= 4 is 28.3 Å². The first kappa shape index (κ1) is 16.5. The van der Waals surface area contributed by atoms with Crippen LogP contribution in [0.2, 0.25) is 5.02 Å². The van der Waals surface area contributed by atoms with Gasteiger partial charge in [-0.05, 0) is 29.8 Å². The fraction of sp³-hybridized carbons (Fsp3) is 0.176. The van der Waals surface area contributed by atoms with Crippen molar-refractivity contribution in [3.63, 3.8) is 0 Å². The molecule has 0 spiro atoms. The molecule has 3 rings (SSSR count). The quantitative estimate of drug-likeness (QED) is 0.718. The first-order valence-electron chi connectivity index (χ1n) is 7.26. The number of alkyl halides is 2. The molecule has 1 unspecified atom stereocenters. The second-order valence-corrected chi connectivity index (χ2v) is 5.62. The van der Waals surface area contributed by atoms with Crippen molar-refractivity contribution in [2.75, 3.05) is 11.9 Å². The average molecular weight is 350 g/mol. The van der Waals surface area contributed by atoms with Crippen LogP contribution in [-0.4, -0.2) is 21.7 Å². The maximum absolute atomic E-state index is 13.0. The van der Waals surface area contributed by atoms with E-state index in [-0.39, 0.29) is 12.4 Å². The zero-order valence-corrected chi connectivity index (χ0v) is 13.2. The van der Waals surface area contributed by atoms with Gasteiger partial charge < -0.3 is 10.4 Å². The van der Waals surface area contributed by atoms with E-state index in [1.54, 1.807) is 48.5 Å². The Morgan fingerprint density at radius 3 is 2.42 bits per heavy atom. The van der Waals surface area contributed by atoms with Crippen LogP contribution in [0.4, 0.5) is 14.6 Å². The summed E-state index contributed by atoms with van der Waals surface area (Å²) in [6.45, 7) is -0.232. The van der Waals surface area contributed by atoms with Crippen LogP contribution in [-0.2, 0) is 0 Å². The molecule has 0 amide bonds. The Morgan fingerprint density at radius 1 is 1.04 bits per heavy atom. The van der Waals surface area contributed by atoms with Crippen molar-refractivity contribution in [3.05, 3.63) is 64.9 Å². The summed E-state index contributed by atoms with van der Waals surface area (Å²) in [7, 11) is 0. The molecule has 0 radical (unpaired) electrons. The number of aliphatic hydroxyl groups is 1. The van der Waals surface area contributed by atoms with Gasteiger partial charge in [-0.15, -0.1) is 0 Å². The maximum Gasteiger partial charge on any atom is 0.297 e. The zero-order chi connectivity index (χ0) is 17.1. The largest absolute Gasteiger partial charge is 0.394 e. The van der Waals surface area contributed by atoms with E-state index in [0.29, 0.717) is 15.9 Å². The maximum atomic E-state index is 13.0. The molecule has 0 aliphatic rings. The zero-order valence-electron chi connectivity index (χ0n) is 12.5. The van der Waals surface area contributed by atoms with Gasteiger partial charge in [0, 0.05) is 10.4 Å². The standard InChI is InChI=1S/C17H14ClF2N3O/c18-11-7-5-10(6-8-11)14(9-24)22-16-12-3-1-2-4-13(12)21-17(23-16)15(19)20/h1-8,14-15,24H,9H2,(H,21,22,23). The highest BCUT2D eigenvalue weighted by molar-refractivity contribution is 6.30. The number of para-hydroxylation sites is 1. The van der Waals surface area contributed by atoms with Gasteiger partial charge in [-0.2, -0.15) is 0 Å². The van der Waals surface area contributed by atoms with E-state index in [2.05, 4.69) is 15.3 Å². The van der Waals surface area contributed by atoms with Crippen LogP contribution in [0.15, 0.2) is 48.5 Å². The average Bonchev–Trinajstić information content (AvgIpc) is 2.60. The molecule has 24 heavy (non-hydrogen) atoms. The van der Waals surface area contributed by atoms with Gasteiger partial charge in [0.15, 0.2) is 5.82 Å². The van der Waals surface area contributed by atoms with E-state index in [4.69, 9.17) is 11.6 Å². The topological polar surface area (TPSA) is 58.0 Å². The van der Waals surface area contributed by atoms with Gasteiger partial charge in [-0.1, -0.05) is 35.9 Å². The summed E-state index contributed by atoms with van der Waals surface area (Å²) >= 11 is 5.87. The summed E-state index contributed by atoms with van der Waals surface area (Å²) in [6, 6.07) is 13.3. The summed E-state index contributed by atoms with van der Waals surface area (Å²) in [5, 5.41) is 13.9. The van der Waals surface area contributed by atoms with Crippen LogP contribution in [0.3, 0.4) is 0 Å². The molecule has 0 saturated heterocycles. The minimum atomic E-state index is -2.78. The third-order valence-electron chi connectivity index (χ3n) is 3.58. The molecular weight excluding hydrogens is 336 g/mol. The van der Waals surface area contributed by atoms with Crippen LogP contribution in [0.25, 0.3) is 10.9 Å². The SMILES string of the molecule is OCC(Nc1nc(C(F)F)nc2ccccc12)c1ccc(Cl)cc1. The molecule has 0 aliphatic heterocycles. The molecule has 2 aromatic carbocycles. The molecule has 4 nitrogen and oxygen atoms in total. The normalized spacial score (nSPS) is 12.5. The predicted octanol–water partition coefficient (Wildman–Crippen LogP) is 4.37. The lowest BCUT2D eigenvalue weighted by Crippen LogP contribution is -2.16. The minimum Gasteiger partial charge on any atom is -0.394 e. The van der Waals surface area contributed by atoms with Crippen LogP contribution in [0.1, 0.15) is 23.9 Å². The minimum absolute atomic E-state index is 0.232. The molecule has 2 N–H and O–H groups in total. The van der Waals surface area contributed by atoms with Gasteiger partial charge >= 0.3 is 0 Å². The van der Waals surface area contributed by atoms with Gasteiger partial charge in [-0.3, -0.25) is 0 Å². The number of aromatic nitrogens is 2. The Kier molecular flexibility index (Phi) is 4.87. The predicted molar refractivity (Wildman–Crippen MR) is 89.4 cm³/mol. The molecule has 0 fully saturated rings.